The van der Waals surface area contributed by atoms with Gasteiger partial charge in [0.1, 0.15) is 5.69 Å². The lowest BCUT2D eigenvalue weighted by Crippen LogP contribution is -2.39. The molecule has 1 unspecified atom stereocenters. The van der Waals surface area contributed by atoms with Gasteiger partial charge in [-0.2, -0.15) is 0 Å². The molecule has 1 amide bonds. The van der Waals surface area contributed by atoms with Gasteiger partial charge in [-0.1, -0.05) is 20.3 Å². The average Bonchev–Trinajstić information content (AvgIpc) is 3.21. The Bertz CT molecular complexity index is 465. The Balaban J connectivity index is 2.21. The maximum absolute atomic E-state index is 12.9. The minimum absolute atomic E-state index is 0.186. The van der Waals surface area contributed by atoms with Gasteiger partial charge in [0.05, 0.1) is 0 Å². The van der Waals surface area contributed by atoms with Crippen molar-refractivity contribution >= 4 is 21.8 Å². The number of amides is 1. The van der Waals surface area contributed by atoms with E-state index in [1.54, 1.807) is 0 Å². The molecule has 4 heteroatoms. The van der Waals surface area contributed by atoms with E-state index in [9.17, 15) is 4.79 Å². The predicted octanol–water partition coefficient (Wildman–Crippen LogP) is 4.63. The summed E-state index contributed by atoms with van der Waals surface area (Å²) in [4.78, 5) is 14.9. The van der Waals surface area contributed by atoms with Crippen LogP contribution in [-0.2, 0) is 0 Å². The number of unbranched alkanes of at least 4 members (excludes halogenated alkanes) is 1. The van der Waals surface area contributed by atoms with Gasteiger partial charge in [0.15, 0.2) is 0 Å². The number of hydrogen-bond acceptors (Lipinski definition) is 1. The van der Waals surface area contributed by atoms with Gasteiger partial charge in [-0.3, -0.25) is 4.79 Å². The third-order valence-corrected chi connectivity index (χ3v) is 4.54. The van der Waals surface area contributed by atoms with E-state index in [1.165, 1.54) is 12.8 Å². The Kier molecular flexibility index (Phi) is 5.30. The molecule has 1 aliphatic carbocycles. The van der Waals surface area contributed by atoms with Crippen molar-refractivity contribution < 1.29 is 4.79 Å². The van der Waals surface area contributed by atoms with Crippen LogP contribution in [0, 0.1) is 0 Å². The highest BCUT2D eigenvalue weighted by atomic mass is 79.9. The number of rotatable bonds is 7. The Hall–Kier alpha value is -0.770. The lowest BCUT2D eigenvalue weighted by Gasteiger charge is -2.29. The van der Waals surface area contributed by atoms with E-state index in [4.69, 9.17) is 0 Å². The molecule has 1 atom stereocenters. The second kappa shape index (κ2) is 6.79. The van der Waals surface area contributed by atoms with E-state index >= 15 is 0 Å². The summed E-state index contributed by atoms with van der Waals surface area (Å²) < 4.78 is 3.17. The molecule has 0 aromatic carbocycles. The molecule has 3 nitrogen and oxygen atoms in total. The fourth-order valence-corrected chi connectivity index (χ4v) is 2.93. The molecule has 1 aliphatic rings. The normalized spacial score (nSPS) is 16.2. The summed E-state index contributed by atoms with van der Waals surface area (Å²) in [5.41, 5.74) is 0.843. The van der Waals surface area contributed by atoms with Crippen molar-refractivity contribution in [1.29, 1.82) is 0 Å². The van der Waals surface area contributed by atoms with Gasteiger partial charge in [-0.05, 0) is 54.6 Å². The van der Waals surface area contributed by atoms with E-state index in [1.807, 2.05) is 11.0 Å². The Labute approximate surface area is 130 Å². The fraction of sp³-hybridized carbons (Fsp3) is 0.688. The molecule has 1 fully saturated rings. The summed E-state index contributed by atoms with van der Waals surface area (Å²) in [5.74, 6) is 0.186. The van der Waals surface area contributed by atoms with E-state index in [0.717, 1.165) is 36.0 Å². The van der Waals surface area contributed by atoms with Crippen molar-refractivity contribution in [2.24, 2.45) is 0 Å². The van der Waals surface area contributed by atoms with Gasteiger partial charge in [0.2, 0.25) is 0 Å². The zero-order valence-corrected chi connectivity index (χ0v) is 14.3. The third kappa shape index (κ3) is 3.46. The summed E-state index contributed by atoms with van der Waals surface area (Å²) >= 11 is 3.51. The first-order valence-electron chi connectivity index (χ1n) is 7.76. The van der Waals surface area contributed by atoms with Crippen molar-refractivity contribution in [2.45, 2.75) is 65.0 Å². The molecule has 1 aromatic heterocycles. The van der Waals surface area contributed by atoms with Gasteiger partial charge in [-0.15, -0.1) is 0 Å². The van der Waals surface area contributed by atoms with Crippen LogP contribution < -0.4 is 0 Å². The summed E-state index contributed by atoms with van der Waals surface area (Å²) in [6.45, 7) is 7.32. The molecule has 1 saturated carbocycles. The van der Waals surface area contributed by atoms with Crippen molar-refractivity contribution in [1.82, 2.24) is 9.47 Å². The van der Waals surface area contributed by atoms with Crippen LogP contribution in [0.5, 0.6) is 0 Å². The zero-order chi connectivity index (χ0) is 14.7. The molecule has 0 saturated heterocycles. The average molecular weight is 341 g/mol. The van der Waals surface area contributed by atoms with Crippen molar-refractivity contribution in [3.05, 3.63) is 22.4 Å². The van der Waals surface area contributed by atoms with Gasteiger partial charge in [0.25, 0.3) is 5.91 Å². The first-order valence-corrected chi connectivity index (χ1v) is 8.56. The van der Waals surface area contributed by atoms with Crippen molar-refractivity contribution in [2.75, 3.05) is 6.54 Å². The largest absolute Gasteiger partial charge is 0.339 e. The molecular weight excluding hydrogens is 316 g/mol. The molecule has 0 radical (unpaired) electrons. The lowest BCUT2D eigenvalue weighted by atomic mass is 10.1. The second-order valence-electron chi connectivity index (χ2n) is 5.79. The van der Waals surface area contributed by atoms with E-state index in [-0.39, 0.29) is 5.91 Å². The second-order valence-corrected chi connectivity index (χ2v) is 6.71. The molecule has 112 valence electrons. The topological polar surface area (TPSA) is 25.2 Å². The van der Waals surface area contributed by atoms with Crippen LogP contribution in [-0.4, -0.2) is 28.0 Å². The van der Waals surface area contributed by atoms with Gasteiger partial charge >= 0.3 is 0 Å². The summed E-state index contributed by atoms with van der Waals surface area (Å²) in [5, 5.41) is 0. The van der Waals surface area contributed by atoms with Crippen LogP contribution in [0.15, 0.2) is 16.7 Å². The van der Waals surface area contributed by atoms with E-state index in [2.05, 4.69) is 47.5 Å². The summed E-state index contributed by atoms with van der Waals surface area (Å²) in [6.07, 6.45) is 7.63. The first kappa shape index (κ1) is 15.6. The van der Waals surface area contributed by atoms with Crippen LogP contribution in [0.2, 0.25) is 0 Å². The summed E-state index contributed by atoms with van der Waals surface area (Å²) in [7, 11) is 0. The Morgan fingerprint density at radius 2 is 2.20 bits per heavy atom. The van der Waals surface area contributed by atoms with Crippen LogP contribution in [0.3, 0.4) is 0 Å². The Morgan fingerprint density at radius 3 is 2.75 bits per heavy atom. The maximum atomic E-state index is 12.9. The molecule has 1 heterocycles. The van der Waals surface area contributed by atoms with E-state index in [0.29, 0.717) is 12.1 Å². The monoisotopic (exact) mass is 340 g/mol. The fourth-order valence-electron chi connectivity index (χ4n) is 2.49. The maximum Gasteiger partial charge on any atom is 0.270 e. The molecule has 20 heavy (non-hydrogen) atoms. The molecule has 0 spiro atoms. The smallest absolute Gasteiger partial charge is 0.270 e. The van der Waals surface area contributed by atoms with Gasteiger partial charge < -0.3 is 9.47 Å². The number of nitrogens with zero attached hydrogens (tertiary/aromatic N) is 2. The van der Waals surface area contributed by atoms with Crippen LogP contribution in [0.4, 0.5) is 0 Å². The highest BCUT2D eigenvalue weighted by Crippen LogP contribution is 2.37. The lowest BCUT2D eigenvalue weighted by molar-refractivity contribution is 0.0674. The number of halogens is 1. The summed E-state index contributed by atoms with van der Waals surface area (Å²) in [6, 6.07) is 2.81. The molecule has 0 aliphatic heterocycles. The SMILES string of the molecule is CCCCN(C(=O)c1cc(Br)cn1C1CC1)C(C)CC. The third-order valence-electron chi connectivity index (χ3n) is 4.11. The predicted molar refractivity (Wildman–Crippen MR) is 86.1 cm³/mol. The number of carbonyl (C=O) groups excluding carboxylic acids is 1. The van der Waals surface area contributed by atoms with Crippen molar-refractivity contribution in [3.8, 4) is 0 Å². The molecule has 0 bridgehead atoms. The first-order chi connectivity index (χ1) is 9.58. The number of hydrogen-bond donors (Lipinski definition) is 0. The highest BCUT2D eigenvalue weighted by Gasteiger charge is 2.30. The van der Waals surface area contributed by atoms with Crippen LogP contribution >= 0.6 is 15.9 Å². The Morgan fingerprint density at radius 1 is 1.50 bits per heavy atom. The van der Waals surface area contributed by atoms with Gasteiger partial charge in [0, 0.05) is 29.3 Å². The molecule has 2 rings (SSSR count). The molecular formula is C16H25BrN2O. The van der Waals surface area contributed by atoms with Gasteiger partial charge in [-0.25, -0.2) is 0 Å². The van der Waals surface area contributed by atoms with Crippen LogP contribution in [0.1, 0.15) is 69.4 Å². The quantitative estimate of drug-likeness (QED) is 0.710. The van der Waals surface area contributed by atoms with Crippen molar-refractivity contribution in [3.63, 3.8) is 0 Å². The molecule has 1 aromatic rings. The number of carbonyl (C=O) groups is 1. The number of aromatic nitrogens is 1. The zero-order valence-electron chi connectivity index (χ0n) is 12.7. The van der Waals surface area contributed by atoms with E-state index < -0.39 is 0 Å². The van der Waals surface area contributed by atoms with Crippen LogP contribution in [0.25, 0.3) is 0 Å². The standard InChI is InChI=1S/C16H25BrN2O/c1-4-6-9-18(12(3)5-2)16(20)15-10-13(17)11-19(15)14-7-8-14/h10-12,14H,4-9H2,1-3H3. The molecule has 0 N–H and O–H groups in total. The highest BCUT2D eigenvalue weighted by molar-refractivity contribution is 9.10. The minimum Gasteiger partial charge on any atom is -0.339 e. The minimum atomic E-state index is 0.186.